The molecule has 116 valence electrons. The molecule has 1 nitrogen and oxygen atoms in total. The quantitative estimate of drug-likeness (QED) is 0.822. The zero-order valence-electron chi connectivity index (χ0n) is 13.9. The van der Waals surface area contributed by atoms with Gasteiger partial charge in [-0.3, -0.25) is 0 Å². The second kappa shape index (κ2) is 6.52. The molecule has 0 spiro atoms. The van der Waals surface area contributed by atoms with Crippen molar-refractivity contribution < 1.29 is 0 Å². The lowest BCUT2D eigenvalue weighted by Gasteiger charge is -2.44. The summed E-state index contributed by atoms with van der Waals surface area (Å²) in [4.78, 5) is 0. The van der Waals surface area contributed by atoms with Crippen LogP contribution in [-0.2, 0) is 6.42 Å². The SMILES string of the molecule is CCCNC(C1CCC(C)C(C)C1)C1Cc2ccccc21. The summed E-state index contributed by atoms with van der Waals surface area (Å²) in [7, 11) is 0. The molecule has 2 aliphatic rings. The number of rotatable bonds is 5. The molecule has 1 fully saturated rings. The van der Waals surface area contributed by atoms with Crippen molar-refractivity contribution in [3.63, 3.8) is 0 Å². The first-order valence-electron chi connectivity index (χ1n) is 9.01. The molecule has 1 aromatic rings. The van der Waals surface area contributed by atoms with Crippen LogP contribution in [0.1, 0.15) is 63.5 Å². The maximum Gasteiger partial charge on any atom is 0.0167 e. The zero-order valence-corrected chi connectivity index (χ0v) is 13.9. The van der Waals surface area contributed by atoms with Gasteiger partial charge in [0, 0.05) is 12.0 Å². The monoisotopic (exact) mass is 285 g/mol. The molecule has 0 aliphatic heterocycles. The Morgan fingerprint density at radius 1 is 1.14 bits per heavy atom. The van der Waals surface area contributed by atoms with Crippen molar-refractivity contribution in [3.05, 3.63) is 35.4 Å². The molecule has 5 atom stereocenters. The summed E-state index contributed by atoms with van der Waals surface area (Å²) in [5.41, 5.74) is 3.21. The fourth-order valence-corrected chi connectivity index (χ4v) is 4.48. The molecule has 0 bridgehead atoms. The van der Waals surface area contributed by atoms with E-state index in [1.54, 1.807) is 11.1 Å². The number of fused-ring (bicyclic) bond motifs is 1. The van der Waals surface area contributed by atoms with Crippen molar-refractivity contribution in [2.75, 3.05) is 6.54 Å². The molecular weight excluding hydrogens is 254 g/mol. The van der Waals surface area contributed by atoms with E-state index in [4.69, 9.17) is 0 Å². The first-order valence-corrected chi connectivity index (χ1v) is 9.01. The lowest BCUT2D eigenvalue weighted by atomic mass is 9.65. The largest absolute Gasteiger partial charge is 0.313 e. The summed E-state index contributed by atoms with van der Waals surface area (Å²) in [5.74, 6) is 3.45. The van der Waals surface area contributed by atoms with Gasteiger partial charge in [-0.2, -0.15) is 0 Å². The molecule has 0 saturated heterocycles. The molecule has 0 heterocycles. The van der Waals surface area contributed by atoms with Gasteiger partial charge in [-0.05, 0) is 61.1 Å². The molecule has 1 saturated carbocycles. The highest BCUT2D eigenvalue weighted by atomic mass is 14.9. The highest BCUT2D eigenvalue weighted by Gasteiger charge is 2.39. The highest BCUT2D eigenvalue weighted by Crippen LogP contribution is 2.44. The summed E-state index contributed by atoms with van der Waals surface area (Å²) in [6.07, 6.45) is 6.79. The van der Waals surface area contributed by atoms with Crippen LogP contribution in [0.25, 0.3) is 0 Å². The molecular formula is C20H31N. The average molecular weight is 285 g/mol. The van der Waals surface area contributed by atoms with Gasteiger partial charge in [-0.25, -0.2) is 0 Å². The van der Waals surface area contributed by atoms with Crippen LogP contribution in [0.2, 0.25) is 0 Å². The Kier molecular flexibility index (Phi) is 4.69. The minimum atomic E-state index is 0.704. The number of hydrogen-bond acceptors (Lipinski definition) is 1. The van der Waals surface area contributed by atoms with Crippen molar-refractivity contribution in [1.82, 2.24) is 5.32 Å². The molecule has 21 heavy (non-hydrogen) atoms. The standard InChI is InChI=1S/C20H31N/c1-4-11-21-20(17-10-9-14(2)15(3)12-17)19-13-16-7-5-6-8-18(16)19/h5-8,14-15,17,19-21H,4,9-13H2,1-3H3. The Bertz CT molecular complexity index is 467. The molecule has 0 amide bonds. The Morgan fingerprint density at radius 2 is 1.95 bits per heavy atom. The summed E-state index contributed by atoms with van der Waals surface area (Å²) < 4.78 is 0. The van der Waals surface area contributed by atoms with Crippen LogP contribution in [0.5, 0.6) is 0 Å². The third kappa shape index (κ3) is 3.04. The van der Waals surface area contributed by atoms with Gasteiger partial charge in [0.2, 0.25) is 0 Å². The van der Waals surface area contributed by atoms with E-state index in [-0.39, 0.29) is 0 Å². The summed E-state index contributed by atoms with van der Waals surface area (Å²) in [6.45, 7) is 8.35. The van der Waals surface area contributed by atoms with E-state index < -0.39 is 0 Å². The van der Waals surface area contributed by atoms with Gasteiger partial charge < -0.3 is 5.32 Å². The zero-order chi connectivity index (χ0) is 14.8. The predicted octanol–water partition coefficient (Wildman–Crippen LogP) is 4.77. The lowest BCUT2D eigenvalue weighted by molar-refractivity contribution is 0.152. The number of hydrogen-bond donors (Lipinski definition) is 1. The second-order valence-corrected chi connectivity index (χ2v) is 7.52. The van der Waals surface area contributed by atoms with Gasteiger partial charge in [-0.1, -0.05) is 51.5 Å². The molecule has 1 aromatic carbocycles. The molecule has 5 unspecified atom stereocenters. The molecule has 3 rings (SSSR count). The van der Waals surface area contributed by atoms with Gasteiger partial charge in [0.15, 0.2) is 0 Å². The van der Waals surface area contributed by atoms with Crippen molar-refractivity contribution in [2.24, 2.45) is 17.8 Å². The van der Waals surface area contributed by atoms with Crippen LogP contribution in [0.4, 0.5) is 0 Å². The average Bonchev–Trinajstić information content (AvgIpc) is 2.47. The summed E-state index contributed by atoms with van der Waals surface area (Å²) in [6, 6.07) is 9.78. The Hall–Kier alpha value is -0.820. The van der Waals surface area contributed by atoms with E-state index in [0.29, 0.717) is 6.04 Å². The minimum Gasteiger partial charge on any atom is -0.313 e. The van der Waals surface area contributed by atoms with E-state index in [9.17, 15) is 0 Å². The maximum absolute atomic E-state index is 3.92. The predicted molar refractivity (Wildman–Crippen MR) is 90.6 cm³/mol. The van der Waals surface area contributed by atoms with Gasteiger partial charge in [0.05, 0.1) is 0 Å². The molecule has 1 heteroatoms. The van der Waals surface area contributed by atoms with E-state index in [1.807, 2.05) is 0 Å². The van der Waals surface area contributed by atoms with E-state index in [1.165, 1.54) is 38.6 Å². The van der Waals surface area contributed by atoms with Gasteiger partial charge in [0.1, 0.15) is 0 Å². The second-order valence-electron chi connectivity index (χ2n) is 7.52. The van der Waals surface area contributed by atoms with Gasteiger partial charge in [0.25, 0.3) is 0 Å². The van der Waals surface area contributed by atoms with E-state index in [2.05, 4.69) is 50.4 Å². The van der Waals surface area contributed by atoms with E-state index >= 15 is 0 Å². The Morgan fingerprint density at radius 3 is 2.67 bits per heavy atom. The van der Waals surface area contributed by atoms with E-state index in [0.717, 1.165) is 23.7 Å². The van der Waals surface area contributed by atoms with Crippen LogP contribution in [0.3, 0.4) is 0 Å². The van der Waals surface area contributed by atoms with Gasteiger partial charge in [-0.15, -0.1) is 0 Å². The van der Waals surface area contributed by atoms with Gasteiger partial charge >= 0.3 is 0 Å². The Balaban J connectivity index is 1.73. The minimum absolute atomic E-state index is 0.704. The lowest BCUT2D eigenvalue weighted by Crippen LogP contribution is -2.47. The van der Waals surface area contributed by atoms with Crippen LogP contribution >= 0.6 is 0 Å². The number of benzene rings is 1. The Labute approximate surface area is 130 Å². The third-order valence-electron chi connectivity index (χ3n) is 6.10. The van der Waals surface area contributed by atoms with Crippen molar-refractivity contribution >= 4 is 0 Å². The molecule has 0 aromatic heterocycles. The molecule has 1 N–H and O–H groups in total. The highest BCUT2D eigenvalue weighted by molar-refractivity contribution is 5.41. The maximum atomic E-state index is 3.92. The van der Waals surface area contributed by atoms with Crippen LogP contribution in [0.15, 0.2) is 24.3 Å². The van der Waals surface area contributed by atoms with Crippen molar-refractivity contribution in [2.45, 2.75) is 64.8 Å². The van der Waals surface area contributed by atoms with Crippen LogP contribution in [0, 0.1) is 17.8 Å². The van der Waals surface area contributed by atoms with Crippen molar-refractivity contribution in [3.8, 4) is 0 Å². The van der Waals surface area contributed by atoms with Crippen LogP contribution < -0.4 is 5.32 Å². The smallest absolute Gasteiger partial charge is 0.0167 e. The first kappa shape index (κ1) is 15.1. The summed E-state index contributed by atoms with van der Waals surface area (Å²) in [5, 5.41) is 3.92. The molecule has 2 aliphatic carbocycles. The topological polar surface area (TPSA) is 12.0 Å². The van der Waals surface area contributed by atoms with Crippen LogP contribution in [-0.4, -0.2) is 12.6 Å². The fourth-order valence-electron chi connectivity index (χ4n) is 4.48. The first-order chi connectivity index (χ1) is 10.2. The third-order valence-corrected chi connectivity index (χ3v) is 6.10. The van der Waals surface area contributed by atoms with Crippen molar-refractivity contribution in [1.29, 1.82) is 0 Å². The fraction of sp³-hybridized carbons (Fsp3) is 0.700. The number of nitrogens with one attached hydrogen (secondary N) is 1. The molecule has 0 radical (unpaired) electrons. The summed E-state index contributed by atoms with van der Waals surface area (Å²) >= 11 is 0. The normalized spacial score (nSPS) is 33.1.